The molecule has 98 valence electrons. The zero-order chi connectivity index (χ0) is 13.2. The Morgan fingerprint density at radius 1 is 1.39 bits per heavy atom. The van der Waals surface area contributed by atoms with Crippen molar-refractivity contribution >= 4 is 22.7 Å². The molecule has 2 aromatic heterocycles. The number of rotatable bonds is 4. The van der Waals surface area contributed by atoms with Crippen molar-refractivity contribution < 1.29 is 0 Å². The van der Waals surface area contributed by atoms with Crippen LogP contribution in [0.3, 0.4) is 0 Å². The van der Waals surface area contributed by atoms with Crippen LogP contribution in [0.4, 0.5) is 0 Å². The fourth-order valence-corrected chi connectivity index (χ4v) is 3.31. The molecule has 0 bridgehead atoms. The van der Waals surface area contributed by atoms with Crippen LogP contribution in [0.25, 0.3) is 0 Å². The van der Waals surface area contributed by atoms with Gasteiger partial charge >= 0.3 is 0 Å². The van der Waals surface area contributed by atoms with Crippen molar-refractivity contribution in [3.63, 3.8) is 0 Å². The minimum Gasteiger partial charge on any atom is -0.304 e. The highest BCUT2D eigenvalue weighted by atomic mass is 32.1. The second kappa shape index (κ2) is 5.51. The number of thiazole rings is 1. The van der Waals surface area contributed by atoms with E-state index in [1.807, 2.05) is 17.5 Å². The van der Waals surface area contributed by atoms with Crippen LogP contribution in [0.1, 0.15) is 48.5 Å². The normalized spacial score (nSPS) is 13.8. The topological polar surface area (TPSA) is 24.9 Å². The van der Waals surface area contributed by atoms with E-state index < -0.39 is 0 Å². The van der Waals surface area contributed by atoms with Gasteiger partial charge in [0.05, 0.1) is 5.01 Å². The molecule has 0 aliphatic rings. The Morgan fingerprint density at radius 2 is 2.17 bits per heavy atom. The number of aromatic nitrogens is 1. The minimum atomic E-state index is 0.155. The summed E-state index contributed by atoms with van der Waals surface area (Å²) < 4.78 is 0. The molecule has 2 nitrogen and oxygen atoms in total. The van der Waals surface area contributed by atoms with Crippen LogP contribution in [0, 0.1) is 0 Å². The molecule has 18 heavy (non-hydrogen) atoms. The van der Waals surface area contributed by atoms with Crippen LogP contribution in [-0.4, -0.2) is 4.98 Å². The van der Waals surface area contributed by atoms with Gasteiger partial charge in [-0.15, -0.1) is 22.7 Å². The molecule has 0 aromatic carbocycles. The van der Waals surface area contributed by atoms with E-state index in [1.165, 1.54) is 14.8 Å². The maximum absolute atomic E-state index is 4.51. The highest BCUT2D eigenvalue weighted by Crippen LogP contribution is 2.27. The average Bonchev–Trinajstić information content (AvgIpc) is 2.96. The van der Waals surface area contributed by atoms with Crippen LogP contribution >= 0.6 is 22.7 Å². The molecule has 0 saturated heterocycles. The smallest absolute Gasteiger partial charge is 0.0981 e. The Bertz CT molecular complexity index is 480. The van der Waals surface area contributed by atoms with Crippen molar-refractivity contribution in [1.29, 1.82) is 0 Å². The molecular weight excluding hydrogens is 260 g/mol. The number of thiophene rings is 1. The molecule has 4 heteroatoms. The molecule has 1 N–H and O–H groups in total. The lowest BCUT2D eigenvalue weighted by atomic mass is 9.98. The minimum absolute atomic E-state index is 0.155. The van der Waals surface area contributed by atoms with Gasteiger partial charge in [0.2, 0.25) is 0 Å². The second-order valence-electron chi connectivity index (χ2n) is 5.50. The van der Waals surface area contributed by atoms with E-state index in [4.69, 9.17) is 0 Å². The zero-order valence-corrected chi connectivity index (χ0v) is 13.0. The lowest BCUT2D eigenvalue weighted by Crippen LogP contribution is -2.16. The van der Waals surface area contributed by atoms with Gasteiger partial charge in [-0.3, -0.25) is 0 Å². The Labute approximate surface area is 117 Å². The second-order valence-corrected chi connectivity index (χ2v) is 7.59. The standard InChI is InChI=1S/C14H20N2S2/c1-10(12-6-5-7-17-12)15-8-11-9-16-13(18-11)14(2,3)4/h5-7,9-10,15H,8H2,1-4H3. The van der Waals surface area contributed by atoms with Gasteiger partial charge in [-0.1, -0.05) is 26.8 Å². The van der Waals surface area contributed by atoms with Crippen molar-refractivity contribution in [3.8, 4) is 0 Å². The van der Waals surface area contributed by atoms with Gasteiger partial charge in [-0.05, 0) is 18.4 Å². The SMILES string of the molecule is CC(NCc1cnc(C(C)(C)C)s1)c1cccs1. The van der Waals surface area contributed by atoms with E-state index >= 15 is 0 Å². The van der Waals surface area contributed by atoms with Crippen LogP contribution in [0.15, 0.2) is 23.7 Å². The predicted octanol–water partition coefficient (Wildman–Crippen LogP) is 4.35. The summed E-state index contributed by atoms with van der Waals surface area (Å²) in [7, 11) is 0. The summed E-state index contributed by atoms with van der Waals surface area (Å²) in [4.78, 5) is 7.20. The molecule has 2 aromatic rings. The summed E-state index contributed by atoms with van der Waals surface area (Å²) in [5.74, 6) is 0. The van der Waals surface area contributed by atoms with Crippen molar-refractivity contribution in [3.05, 3.63) is 38.5 Å². The van der Waals surface area contributed by atoms with Gasteiger partial charge in [0.1, 0.15) is 0 Å². The van der Waals surface area contributed by atoms with Crippen molar-refractivity contribution in [2.75, 3.05) is 0 Å². The van der Waals surface area contributed by atoms with Crippen LogP contribution < -0.4 is 5.32 Å². The zero-order valence-electron chi connectivity index (χ0n) is 11.4. The van der Waals surface area contributed by atoms with Crippen molar-refractivity contribution in [2.24, 2.45) is 0 Å². The lowest BCUT2D eigenvalue weighted by Gasteiger charge is -2.13. The molecule has 0 aliphatic heterocycles. The summed E-state index contributed by atoms with van der Waals surface area (Å²) in [6.07, 6.45) is 2.00. The molecule has 0 aliphatic carbocycles. The summed E-state index contributed by atoms with van der Waals surface area (Å²) in [6.45, 7) is 9.72. The highest BCUT2D eigenvalue weighted by molar-refractivity contribution is 7.11. The van der Waals surface area contributed by atoms with Crippen molar-refractivity contribution in [2.45, 2.75) is 45.7 Å². The number of nitrogens with zero attached hydrogens (tertiary/aromatic N) is 1. The molecule has 1 unspecified atom stereocenters. The third kappa shape index (κ3) is 3.40. The molecule has 1 atom stereocenters. The monoisotopic (exact) mass is 280 g/mol. The highest BCUT2D eigenvalue weighted by Gasteiger charge is 2.18. The third-order valence-electron chi connectivity index (χ3n) is 2.75. The first-order valence-electron chi connectivity index (χ1n) is 6.19. The summed E-state index contributed by atoms with van der Waals surface area (Å²) in [6, 6.07) is 4.68. The largest absolute Gasteiger partial charge is 0.304 e. The van der Waals surface area contributed by atoms with E-state index in [0.717, 1.165) is 6.54 Å². The molecule has 0 spiro atoms. The Hall–Kier alpha value is -0.710. The summed E-state index contributed by atoms with van der Waals surface area (Å²) >= 11 is 3.61. The van der Waals surface area contributed by atoms with Gasteiger partial charge in [-0.25, -0.2) is 4.98 Å². The first-order chi connectivity index (χ1) is 8.47. The van der Waals surface area contributed by atoms with E-state index in [2.05, 4.69) is 55.5 Å². The van der Waals surface area contributed by atoms with E-state index in [1.54, 1.807) is 11.3 Å². The van der Waals surface area contributed by atoms with Gasteiger partial charge in [0.25, 0.3) is 0 Å². The van der Waals surface area contributed by atoms with Crippen molar-refractivity contribution in [1.82, 2.24) is 10.3 Å². The maximum Gasteiger partial charge on any atom is 0.0981 e. The van der Waals surface area contributed by atoms with Gasteiger partial charge < -0.3 is 5.32 Å². The number of hydrogen-bond acceptors (Lipinski definition) is 4. The number of hydrogen-bond donors (Lipinski definition) is 1. The molecule has 0 fully saturated rings. The maximum atomic E-state index is 4.51. The summed E-state index contributed by atoms with van der Waals surface area (Å²) in [5, 5.41) is 6.88. The molecule has 2 rings (SSSR count). The molecule has 2 heterocycles. The Balaban J connectivity index is 1.93. The van der Waals surface area contributed by atoms with E-state index in [9.17, 15) is 0 Å². The predicted molar refractivity (Wildman–Crippen MR) is 80.4 cm³/mol. The Kier molecular flexibility index (Phi) is 4.20. The van der Waals surface area contributed by atoms with Gasteiger partial charge in [0, 0.05) is 34.0 Å². The molecular formula is C14H20N2S2. The average molecular weight is 280 g/mol. The fourth-order valence-electron chi connectivity index (χ4n) is 1.63. The summed E-state index contributed by atoms with van der Waals surface area (Å²) in [5.41, 5.74) is 0.155. The molecule has 0 amide bonds. The van der Waals surface area contributed by atoms with Crippen LogP contribution in [-0.2, 0) is 12.0 Å². The number of nitrogens with one attached hydrogen (secondary N) is 1. The van der Waals surface area contributed by atoms with Gasteiger partial charge in [0.15, 0.2) is 0 Å². The van der Waals surface area contributed by atoms with Crippen LogP contribution in [0.5, 0.6) is 0 Å². The third-order valence-corrected chi connectivity index (χ3v) is 5.23. The fraction of sp³-hybridized carbons (Fsp3) is 0.500. The van der Waals surface area contributed by atoms with E-state index in [-0.39, 0.29) is 5.41 Å². The van der Waals surface area contributed by atoms with Gasteiger partial charge in [-0.2, -0.15) is 0 Å². The first kappa shape index (κ1) is 13.7. The van der Waals surface area contributed by atoms with E-state index in [0.29, 0.717) is 6.04 Å². The molecule has 0 saturated carbocycles. The molecule has 0 radical (unpaired) electrons. The quantitative estimate of drug-likeness (QED) is 0.900. The lowest BCUT2D eigenvalue weighted by molar-refractivity contribution is 0.584. The first-order valence-corrected chi connectivity index (χ1v) is 7.88. The Morgan fingerprint density at radius 3 is 2.72 bits per heavy atom. The van der Waals surface area contributed by atoms with Crippen LogP contribution in [0.2, 0.25) is 0 Å².